The van der Waals surface area contributed by atoms with Crippen molar-refractivity contribution in [2.45, 2.75) is 32.4 Å². The van der Waals surface area contributed by atoms with E-state index in [2.05, 4.69) is 0 Å². The van der Waals surface area contributed by atoms with E-state index >= 15 is 0 Å². The van der Waals surface area contributed by atoms with Crippen LogP contribution in [0.15, 0.2) is 9.59 Å². The number of rotatable bonds is 1. The molecule has 8 heteroatoms. The lowest BCUT2D eigenvalue weighted by molar-refractivity contribution is -0.133. The van der Waals surface area contributed by atoms with Gasteiger partial charge in [-0.2, -0.15) is 5.06 Å². The number of hydroxylamine groups is 2. The molecule has 0 bridgehead atoms. The maximum atomic E-state index is 12.2. The summed E-state index contributed by atoms with van der Waals surface area (Å²) in [5.41, 5.74) is 3.35. The molecule has 1 unspecified atom stereocenters. The number of carbonyl (C=O) groups excluding carboxylic acids is 1. The van der Waals surface area contributed by atoms with Crippen LogP contribution in [0.3, 0.4) is 0 Å². The topological polar surface area (TPSA) is 113 Å². The quantitative estimate of drug-likeness (QED) is 0.693. The van der Waals surface area contributed by atoms with Crippen molar-refractivity contribution >= 4 is 11.8 Å². The van der Waals surface area contributed by atoms with Crippen LogP contribution in [-0.2, 0) is 4.74 Å². The Kier molecular flexibility index (Phi) is 3.77. The molecule has 116 valence electrons. The predicted octanol–water partition coefficient (Wildman–Crippen LogP) is -0.152. The number of ether oxygens (including phenoxy) is 1. The molecule has 0 radical (unpaired) electrons. The van der Waals surface area contributed by atoms with Gasteiger partial charge in [0.25, 0.3) is 0 Å². The molecule has 21 heavy (non-hydrogen) atoms. The van der Waals surface area contributed by atoms with Crippen LogP contribution in [0.1, 0.15) is 32.4 Å². The lowest BCUT2D eigenvalue weighted by Crippen LogP contribution is -2.54. The Morgan fingerprint density at radius 3 is 2.43 bits per heavy atom. The molecule has 0 saturated carbocycles. The highest BCUT2D eigenvalue weighted by Gasteiger charge is 2.38. The average Bonchev–Trinajstić information content (AvgIpc) is 2.36. The van der Waals surface area contributed by atoms with Crippen LogP contribution < -0.4 is 16.6 Å². The molecule has 1 fully saturated rings. The van der Waals surface area contributed by atoms with Gasteiger partial charge < -0.3 is 15.7 Å². The molecule has 1 aromatic rings. The molecule has 0 spiro atoms. The maximum absolute atomic E-state index is 12.2. The molecule has 2 rings (SSSR count). The van der Waals surface area contributed by atoms with Crippen molar-refractivity contribution in [1.82, 2.24) is 9.96 Å². The zero-order chi connectivity index (χ0) is 15.9. The highest BCUT2D eigenvalue weighted by Crippen LogP contribution is 2.27. The number of piperazine rings is 1. The summed E-state index contributed by atoms with van der Waals surface area (Å²) in [5, 5.41) is 10.6. The molecule has 0 aromatic heterocycles. The third kappa shape index (κ3) is 2.91. The molecule has 1 heterocycles. The molecule has 0 aliphatic carbocycles. The molecule has 1 aliphatic rings. The number of hydrogen-bond acceptors (Lipinski definition) is 7. The smallest absolute Gasteiger partial charge is 0.410 e. The minimum absolute atomic E-state index is 0.00823. The van der Waals surface area contributed by atoms with Crippen LogP contribution in [0, 0.1) is 0 Å². The van der Waals surface area contributed by atoms with E-state index in [0.29, 0.717) is 0 Å². The van der Waals surface area contributed by atoms with Gasteiger partial charge in [0.1, 0.15) is 5.60 Å². The number of nitrogens with two attached hydrogens (primary N) is 1. The number of nitrogen functional groups attached to an aromatic ring is 1. The Bertz CT molecular complexity index is 627. The van der Waals surface area contributed by atoms with Gasteiger partial charge in [-0.15, -0.1) is 0 Å². The Hall–Kier alpha value is -1.93. The molecular weight excluding hydrogens is 278 g/mol. The van der Waals surface area contributed by atoms with Gasteiger partial charge >= 0.3 is 6.09 Å². The first-order chi connectivity index (χ1) is 9.61. The molecule has 1 atom stereocenters. The van der Waals surface area contributed by atoms with Gasteiger partial charge in [-0.25, -0.2) is 4.79 Å². The highest BCUT2D eigenvalue weighted by molar-refractivity contribution is 5.70. The van der Waals surface area contributed by atoms with Crippen molar-refractivity contribution in [3.05, 3.63) is 26.0 Å². The van der Waals surface area contributed by atoms with Crippen LogP contribution >= 0.6 is 0 Å². The molecule has 8 nitrogen and oxygen atoms in total. The van der Waals surface area contributed by atoms with E-state index in [9.17, 15) is 19.6 Å². The van der Waals surface area contributed by atoms with Gasteiger partial charge in [0.05, 0.1) is 17.3 Å². The first-order valence-corrected chi connectivity index (χ1v) is 6.64. The van der Waals surface area contributed by atoms with Crippen LogP contribution in [0.2, 0.25) is 0 Å². The Labute approximate surface area is 121 Å². The Morgan fingerprint density at radius 2 is 1.90 bits per heavy atom. The molecular formula is C13H19N3O5. The van der Waals surface area contributed by atoms with Gasteiger partial charge in [0, 0.05) is 19.6 Å². The van der Waals surface area contributed by atoms with E-state index in [1.807, 2.05) is 0 Å². The van der Waals surface area contributed by atoms with E-state index in [-0.39, 0.29) is 30.9 Å². The van der Waals surface area contributed by atoms with E-state index in [1.165, 1.54) is 4.90 Å². The molecule has 1 saturated heterocycles. The van der Waals surface area contributed by atoms with Crippen LogP contribution in [0.4, 0.5) is 10.5 Å². The summed E-state index contributed by atoms with van der Waals surface area (Å²) in [5.74, 6) is 0. The average molecular weight is 297 g/mol. The van der Waals surface area contributed by atoms with Gasteiger partial charge in [0.2, 0.25) is 10.9 Å². The summed E-state index contributed by atoms with van der Waals surface area (Å²) in [7, 11) is 0. The fraction of sp³-hybridized carbons (Fsp3) is 0.615. The zero-order valence-electron chi connectivity index (χ0n) is 12.3. The van der Waals surface area contributed by atoms with Gasteiger partial charge in [-0.3, -0.25) is 14.5 Å². The number of nitrogens with zero attached hydrogens (tertiary/aromatic N) is 2. The standard InChI is InChI=1S/C13H19N3O5/c1-13(2,3)21-12(19)16-5-4-15(20)6-7(16)8-9(14)11(18)10(8)17/h7,20H,4-6,14H2,1-3H3. The monoisotopic (exact) mass is 297 g/mol. The summed E-state index contributed by atoms with van der Waals surface area (Å²) in [4.78, 5) is 36.5. The van der Waals surface area contributed by atoms with Crippen molar-refractivity contribution in [3.63, 3.8) is 0 Å². The second kappa shape index (κ2) is 5.12. The van der Waals surface area contributed by atoms with Crippen LogP contribution in [-0.4, -0.2) is 46.5 Å². The fourth-order valence-electron chi connectivity index (χ4n) is 2.31. The summed E-state index contributed by atoms with van der Waals surface area (Å²) >= 11 is 0. The third-order valence-corrected chi connectivity index (χ3v) is 3.31. The van der Waals surface area contributed by atoms with E-state index in [0.717, 1.165) is 5.06 Å². The minimum Gasteiger partial charge on any atom is -0.444 e. The summed E-state index contributed by atoms with van der Waals surface area (Å²) in [6.45, 7) is 5.60. The first-order valence-electron chi connectivity index (χ1n) is 6.64. The van der Waals surface area contributed by atoms with Gasteiger partial charge in [0.15, 0.2) is 0 Å². The minimum atomic E-state index is -0.774. The summed E-state index contributed by atoms with van der Waals surface area (Å²) in [6, 6.07) is -0.774. The van der Waals surface area contributed by atoms with Crippen molar-refractivity contribution in [2.24, 2.45) is 0 Å². The van der Waals surface area contributed by atoms with Crippen LogP contribution in [0.25, 0.3) is 0 Å². The number of carbonyl (C=O) groups is 1. The SMILES string of the molecule is CC(C)(C)OC(=O)N1CCN(O)CC1c1c(N)c(=O)c1=O. The van der Waals surface area contributed by atoms with Crippen molar-refractivity contribution in [3.8, 4) is 0 Å². The van der Waals surface area contributed by atoms with Gasteiger partial charge in [-0.05, 0) is 20.8 Å². The molecule has 1 aliphatic heterocycles. The molecule has 1 amide bonds. The Morgan fingerprint density at radius 1 is 1.29 bits per heavy atom. The zero-order valence-corrected chi connectivity index (χ0v) is 12.3. The number of amides is 1. The van der Waals surface area contributed by atoms with Crippen molar-refractivity contribution in [2.75, 3.05) is 25.4 Å². The fourth-order valence-corrected chi connectivity index (χ4v) is 2.31. The normalized spacial score (nSPS) is 20.8. The summed E-state index contributed by atoms with van der Waals surface area (Å²) < 4.78 is 5.29. The second-order valence-electron chi connectivity index (χ2n) is 6.09. The first kappa shape index (κ1) is 15.5. The lowest BCUT2D eigenvalue weighted by Gasteiger charge is -2.39. The molecule has 1 aromatic carbocycles. The number of anilines is 1. The van der Waals surface area contributed by atoms with Crippen LogP contribution in [0.5, 0.6) is 0 Å². The van der Waals surface area contributed by atoms with E-state index < -0.39 is 28.6 Å². The van der Waals surface area contributed by atoms with Crippen molar-refractivity contribution in [1.29, 1.82) is 0 Å². The lowest BCUT2D eigenvalue weighted by atomic mass is 9.97. The highest BCUT2D eigenvalue weighted by atomic mass is 16.6. The maximum Gasteiger partial charge on any atom is 0.410 e. The summed E-state index contributed by atoms with van der Waals surface area (Å²) in [6.07, 6.45) is -0.604. The second-order valence-corrected chi connectivity index (χ2v) is 6.09. The van der Waals surface area contributed by atoms with E-state index in [4.69, 9.17) is 10.5 Å². The Balaban J connectivity index is 2.29. The largest absolute Gasteiger partial charge is 0.444 e. The van der Waals surface area contributed by atoms with E-state index in [1.54, 1.807) is 20.8 Å². The predicted molar refractivity (Wildman–Crippen MR) is 74.8 cm³/mol. The van der Waals surface area contributed by atoms with Gasteiger partial charge in [-0.1, -0.05) is 0 Å². The van der Waals surface area contributed by atoms with Crippen molar-refractivity contribution < 1.29 is 14.7 Å². The number of hydrogen-bond donors (Lipinski definition) is 2. The molecule has 3 N–H and O–H groups in total. The third-order valence-electron chi connectivity index (χ3n) is 3.31.